The molecule has 3 fully saturated rings. The Morgan fingerprint density at radius 1 is 1.19 bits per heavy atom. The van der Waals surface area contributed by atoms with Gasteiger partial charge in [0, 0.05) is 6.10 Å². The highest BCUT2D eigenvalue weighted by molar-refractivity contribution is 7.07. The molecule has 4 heteroatoms. The summed E-state index contributed by atoms with van der Waals surface area (Å²) in [5, 5.41) is 0.282. The quantitative estimate of drug-likeness (QED) is 0.378. The van der Waals surface area contributed by atoms with Crippen molar-refractivity contribution in [3.63, 3.8) is 0 Å². The van der Waals surface area contributed by atoms with Gasteiger partial charge in [0.2, 0.25) is 0 Å². The lowest BCUT2D eigenvalue weighted by molar-refractivity contribution is -0.0988. The predicted octanol–water partition coefficient (Wildman–Crippen LogP) is 7.87. The summed E-state index contributed by atoms with van der Waals surface area (Å²) in [6, 6.07) is 0. The van der Waals surface area contributed by atoms with Crippen LogP contribution in [0.15, 0.2) is 0 Å². The highest BCUT2D eigenvalue weighted by Crippen LogP contribution is 2.65. The minimum atomic E-state index is -1.70. The molecule has 0 heterocycles. The maximum atomic E-state index is 6.99. The normalized spacial score (nSPS) is 32.1. The molecule has 0 radical (unpaired) electrons. The first-order chi connectivity index (χ1) is 11.8. The van der Waals surface area contributed by atoms with Gasteiger partial charge in [-0.25, -0.2) is 0 Å². The fourth-order valence-electron chi connectivity index (χ4n) is 5.40. The van der Waals surface area contributed by atoms with Gasteiger partial charge in [-0.15, -0.1) is 0 Å². The summed E-state index contributed by atoms with van der Waals surface area (Å²) in [6.45, 7) is 21.5. The molecule has 0 N–H and O–H groups in total. The van der Waals surface area contributed by atoms with E-state index in [0.717, 1.165) is 30.5 Å². The zero-order chi connectivity index (χ0) is 19.9. The predicted molar refractivity (Wildman–Crippen MR) is 121 cm³/mol. The van der Waals surface area contributed by atoms with E-state index in [0.29, 0.717) is 23.5 Å². The summed E-state index contributed by atoms with van der Waals surface area (Å²) < 4.78 is 6.75. The summed E-state index contributed by atoms with van der Waals surface area (Å²) in [6.07, 6.45) is 8.15. The topological polar surface area (TPSA) is 9.23 Å². The third-order valence-electron chi connectivity index (χ3n) is 8.52. The second-order valence-electron chi connectivity index (χ2n) is 11.5. The molecular weight excluding hydrogens is 355 g/mol. The van der Waals surface area contributed by atoms with Gasteiger partial charge < -0.3 is 4.43 Å². The van der Waals surface area contributed by atoms with Crippen molar-refractivity contribution in [3.8, 4) is 0 Å². The summed E-state index contributed by atoms with van der Waals surface area (Å²) >= 11 is 6.99. The molecule has 0 aromatic heterocycles. The van der Waals surface area contributed by atoms with Crippen LogP contribution < -0.4 is 0 Å². The van der Waals surface area contributed by atoms with Crippen LogP contribution in [0, 0.1) is 23.2 Å². The zero-order valence-electron chi connectivity index (χ0n) is 19.0. The van der Waals surface area contributed by atoms with Crippen LogP contribution in [-0.2, 0) is 4.43 Å². The van der Waals surface area contributed by atoms with E-state index in [1.54, 1.807) is 0 Å². The van der Waals surface area contributed by atoms with Crippen LogP contribution in [0.4, 0.5) is 0 Å². The molecular formula is C22H44BClOSi. The van der Waals surface area contributed by atoms with Crippen LogP contribution in [0.3, 0.4) is 0 Å². The van der Waals surface area contributed by atoms with E-state index in [-0.39, 0.29) is 5.04 Å². The van der Waals surface area contributed by atoms with E-state index in [1.165, 1.54) is 25.7 Å². The Kier molecular flexibility index (Phi) is 7.12. The lowest BCUT2D eigenvalue weighted by atomic mass is 9.36. The molecule has 0 amide bonds. The van der Waals surface area contributed by atoms with Gasteiger partial charge in [0.05, 0.1) is 0 Å². The van der Waals surface area contributed by atoms with Gasteiger partial charge in [0.25, 0.3) is 6.13 Å². The highest BCUT2D eigenvalue weighted by Gasteiger charge is 2.57. The monoisotopic (exact) mass is 398 g/mol. The van der Waals surface area contributed by atoms with Crippen LogP contribution in [-0.4, -0.2) is 20.5 Å². The number of hydrogen-bond donors (Lipinski definition) is 0. The summed E-state index contributed by atoms with van der Waals surface area (Å²) in [5.41, 5.74) is 0.558. The Hall–Kier alpha value is 0.532. The molecule has 2 bridgehead atoms. The van der Waals surface area contributed by atoms with E-state index in [9.17, 15) is 0 Å². The van der Waals surface area contributed by atoms with Gasteiger partial charge in [-0.3, -0.25) is 0 Å². The Balaban J connectivity index is 1.91. The Labute approximate surface area is 170 Å². The Morgan fingerprint density at radius 2 is 1.81 bits per heavy atom. The van der Waals surface area contributed by atoms with E-state index in [1.807, 2.05) is 0 Å². The van der Waals surface area contributed by atoms with Crippen molar-refractivity contribution < 1.29 is 4.43 Å². The molecule has 0 aromatic carbocycles. The largest absolute Gasteiger partial charge is 0.414 e. The molecule has 0 spiro atoms. The van der Waals surface area contributed by atoms with Gasteiger partial charge in [-0.1, -0.05) is 67.6 Å². The molecule has 1 nitrogen and oxygen atoms in total. The van der Waals surface area contributed by atoms with Crippen molar-refractivity contribution in [2.45, 2.75) is 117 Å². The highest BCUT2D eigenvalue weighted by atomic mass is 35.5. The van der Waals surface area contributed by atoms with E-state index < -0.39 is 8.32 Å². The summed E-state index contributed by atoms with van der Waals surface area (Å²) in [4.78, 5) is 0. The second kappa shape index (κ2) is 8.11. The van der Waals surface area contributed by atoms with E-state index >= 15 is 0 Å². The molecule has 3 saturated carbocycles. The lowest BCUT2D eigenvalue weighted by Gasteiger charge is -2.62. The molecule has 26 heavy (non-hydrogen) atoms. The molecule has 0 saturated heterocycles. The zero-order valence-corrected chi connectivity index (χ0v) is 20.7. The third kappa shape index (κ3) is 4.57. The average Bonchev–Trinajstić information content (AvgIpc) is 2.50. The van der Waals surface area contributed by atoms with Crippen molar-refractivity contribution in [1.82, 2.24) is 0 Å². The molecule has 0 aliphatic heterocycles. The van der Waals surface area contributed by atoms with Crippen molar-refractivity contribution in [1.29, 1.82) is 0 Å². The van der Waals surface area contributed by atoms with Gasteiger partial charge in [0.15, 0.2) is 8.32 Å². The average molecular weight is 399 g/mol. The van der Waals surface area contributed by atoms with Crippen LogP contribution in [0.2, 0.25) is 30.3 Å². The molecule has 0 aromatic rings. The molecule has 3 aliphatic carbocycles. The number of halogens is 1. The van der Waals surface area contributed by atoms with E-state index in [4.69, 9.17) is 15.9 Å². The molecule has 0 unspecified atom stereocenters. The van der Waals surface area contributed by atoms with Crippen LogP contribution in [0.25, 0.3) is 0 Å². The van der Waals surface area contributed by atoms with Gasteiger partial charge in [-0.05, 0) is 66.4 Å². The third-order valence-corrected chi connectivity index (χ3v) is 13.6. The fourth-order valence-corrected chi connectivity index (χ4v) is 7.28. The van der Waals surface area contributed by atoms with E-state index in [2.05, 4.69) is 61.6 Å². The van der Waals surface area contributed by atoms with Crippen LogP contribution in [0.1, 0.15) is 80.6 Å². The van der Waals surface area contributed by atoms with Crippen molar-refractivity contribution in [3.05, 3.63) is 0 Å². The maximum Gasteiger partial charge on any atom is 0.254 e. The first-order valence-corrected chi connectivity index (χ1v) is 14.5. The molecule has 152 valence electrons. The Morgan fingerprint density at radius 3 is 2.27 bits per heavy atom. The van der Waals surface area contributed by atoms with Gasteiger partial charge in [0.1, 0.15) is 0 Å². The standard InChI is InChI=1S/C22H44BClOSi/c1-10-11-18(25-26(8,9)21(3,4)5)12-13-23(24)20-15-17-14-19(16(20)2)22(17,6)7/h16-20H,10-15H2,1-9H3/t16-,17+,18+,19-,20-/m1/s1. The lowest BCUT2D eigenvalue weighted by Crippen LogP contribution is -2.55. The summed E-state index contributed by atoms with van der Waals surface area (Å²) in [5.74, 6) is 3.29. The molecule has 3 aliphatic rings. The summed E-state index contributed by atoms with van der Waals surface area (Å²) in [7, 11) is -1.70. The minimum Gasteiger partial charge on any atom is -0.414 e. The van der Waals surface area contributed by atoms with Crippen LogP contribution in [0.5, 0.6) is 0 Å². The SMILES string of the molecule is CCC[C@@H](CCB(Cl)[C@@H]1C[C@@H]2C[C@H]([C@H]1C)C2(C)C)O[Si](C)(C)C(C)(C)C. The molecule has 5 atom stereocenters. The van der Waals surface area contributed by atoms with Crippen LogP contribution >= 0.6 is 11.5 Å². The molecule has 3 rings (SSSR count). The fraction of sp³-hybridized carbons (Fsp3) is 1.00. The smallest absolute Gasteiger partial charge is 0.254 e. The van der Waals surface area contributed by atoms with Crippen molar-refractivity contribution >= 4 is 25.9 Å². The first kappa shape index (κ1) is 22.8. The van der Waals surface area contributed by atoms with Gasteiger partial charge >= 0.3 is 0 Å². The Bertz CT molecular complexity index is 473. The number of rotatable bonds is 8. The second-order valence-corrected chi connectivity index (χ2v) is 16.8. The first-order valence-electron chi connectivity index (χ1n) is 11.1. The number of hydrogen-bond acceptors (Lipinski definition) is 1. The number of fused-ring (bicyclic) bond motifs is 2. The van der Waals surface area contributed by atoms with Crippen molar-refractivity contribution in [2.75, 3.05) is 0 Å². The maximum absolute atomic E-state index is 6.99. The minimum absolute atomic E-state index is 0.282. The van der Waals surface area contributed by atoms with Gasteiger partial charge in [-0.2, -0.15) is 11.5 Å². The van der Waals surface area contributed by atoms with Crippen molar-refractivity contribution in [2.24, 2.45) is 23.2 Å².